The van der Waals surface area contributed by atoms with Crippen molar-refractivity contribution < 1.29 is 9.53 Å². The maximum absolute atomic E-state index is 11.5. The Morgan fingerprint density at radius 3 is 3.00 bits per heavy atom. The number of methoxy groups -OCH3 is 1. The van der Waals surface area contributed by atoms with Gasteiger partial charge in [-0.05, 0) is 24.1 Å². The number of benzene rings is 1. The summed E-state index contributed by atoms with van der Waals surface area (Å²) in [7, 11) is 1.35. The number of halogens is 1. The summed E-state index contributed by atoms with van der Waals surface area (Å²) in [4.78, 5) is 11.5. The Balaban J connectivity index is 2.23. The van der Waals surface area contributed by atoms with E-state index < -0.39 is 6.04 Å². The van der Waals surface area contributed by atoms with Gasteiger partial charge in [0.2, 0.25) is 0 Å². The third-order valence-electron chi connectivity index (χ3n) is 3.13. The van der Waals surface area contributed by atoms with Gasteiger partial charge in [0.05, 0.1) is 19.1 Å². The third kappa shape index (κ3) is 2.47. The average Bonchev–Trinajstić information content (AvgIpc) is 2.82. The molecule has 18 heavy (non-hydrogen) atoms. The lowest BCUT2D eigenvalue weighted by atomic mass is 9.95. The van der Waals surface area contributed by atoms with Crippen LogP contribution in [0.1, 0.15) is 18.0 Å². The quantitative estimate of drug-likeness (QED) is 0.831. The lowest BCUT2D eigenvalue weighted by Gasteiger charge is -2.15. The van der Waals surface area contributed by atoms with Gasteiger partial charge in [-0.3, -0.25) is 10.1 Å². The Morgan fingerprint density at radius 1 is 1.61 bits per heavy atom. The second-order valence-electron chi connectivity index (χ2n) is 4.25. The zero-order valence-electron chi connectivity index (χ0n) is 9.89. The fourth-order valence-corrected chi connectivity index (χ4v) is 2.45. The lowest BCUT2D eigenvalue weighted by molar-refractivity contribution is -0.142. The van der Waals surface area contributed by atoms with Crippen LogP contribution in [0.2, 0.25) is 5.02 Å². The molecule has 3 atom stereocenters. The Labute approximate surface area is 111 Å². The number of carbonyl (C=O) groups is 1. The van der Waals surface area contributed by atoms with Crippen LogP contribution in [0, 0.1) is 17.2 Å². The molecule has 0 spiro atoms. The molecule has 0 bridgehead atoms. The van der Waals surface area contributed by atoms with Gasteiger partial charge in [0.1, 0.15) is 6.04 Å². The summed E-state index contributed by atoms with van der Waals surface area (Å²) in [5.74, 6) is -0.590. The first kappa shape index (κ1) is 12.9. The maximum Gasteiger partial charge on any atom is 0.322 e. The van der Waals surface area contributed by atoms with Crippen LogP contribution < -0.4 is 5.32 Å². The highest BCUT2D eigenvalue weighted by Crippen LogP contribution is 2.33. The summed E-state index contributed by atoms with van der Waals surface area (Å²) >= 11 is 5.94. The summed E-state index contributed by atoms with van der Waals surface area (Å²) in [5, 5.41) is 12.9. The number of carbonyl (C=O) groups excluding carboxylic acids is 1. The molecule has 0 saturated carbocycles. The van der Waals surface area contributed by atoms with Gasteiger partial charge < -0.3 is 4.74 Å². The fourth-order valence-electron chi connectivity index (χ4n) is 2.25. The first-order chi connectivity index (χ1) is 8.65. The second-order valence-corrected chi connectivity index (χ2v) is 4.68. The standard InChI is InChI=1S/C13H13ClN2O2/c1-18-13(17)11-6-9(7-15)12(16-11)8-3-2-4-10(14)5-8/h2-5,9,11-12,16H,6H2,1H3/t9-,11-,12-/m0/s1. The summed E-state index contributed by atoms with van der Waals surface area (Å²) in [6, 6.07) is 8.93. The predicted octanol–water partition coefficient (Wildman–Crippen LogP) is 2.06. The van der Waals surface area contributed by atoms with Crippen molar-refractivity contribution in [1.29, 1.82) is 5.26 Å². The van der Waals surface area contributed by atoms with Crippen molar-refractivity contribution in [3.63, 3.8) is 0 Å². The van der Waals surface area contributed by atoms with E-state index in [4.69, 9.17) is 21.6 Å². The van der Waals surface area contributed by atoms with E-state index in [-0.39, 0.29) is 17.9 Å². The van der Waals surface area contributed by atoms with Gasteiger partial charge in [0.25, 0.3) is 0 Å². The first-order valence-corrected chi connectivity index (χ1v) is 6.02. The van der Waals surface area contributed by atoms with Crippen LogP contribution in [0.4, 0.5) is 0 Å². The Morgan fingerprint density at radius 2 is 2.39 bits per heavy atom. The molecule has 1 heterocycles. The Hall–Kier alpha value is -1.57. The zero-order valence-corrected chi connectivity index (χ0v) is 10.6. The molecule has 0 amide bonds. The molecule has 1 aromatic rings. The molecule has 1 N–H and O–H groups in total. The third-order valence-corrected chi connectivity index (χ3v) is 3.37. The van der Waals surface area contributed by atoms with Crippen LogP contribution in [0.25, 0.3) is 0 Å². The molecule has 94 valence electrons. The Bertz CT molecular complexity index is 498. The number of rotatable bonds is 2. The van der Waals surface area contributed by atoms with Crippen LogP contribution in [0.15, 0.2) is 24.3 Å². The van der Waals surface area contributed by atoms with Gasteiger partial charge >= 0.3 is 5.97 Å². The van der Waals surface area contributed by atoms with E-state index >= 15 is 0 Å². The van der Waals surface area contributed by atoms with Gasteiger partial charge in [0, 0.05) is 11.1 Å². The average molecular weight is 265 g/mol. The summed E-state index contributed by atoms with van der Waals surface area (Å²) < 4.78 is 4.70. The molecule has 4 nitrogen and oxygen atoms in total. The van der Waals surface area contributed by atoms with Crippen molar-refractivity contribution >= 4 is 17.6 Å². The monoisotopic (exact) mass is 264 g/mol. The molecular weight excluding hydrogens is 252 g/mol. The molecule has 0 unspecified atom stereocenters. The van der Waals surface area contributed by atoms with Crippen molar-refractivity contribution in [1.82, 2.24) is 5.32 Å². The van der Waals surface area contributed by atoms with Crippen molar-refractivity contribution in [2.45, 2.75) is 18.5 Å². The maximum atomic E-state index is 11.5. The highest BCUT2D eigenvalue weighted by Gasteiger charge is 2.38. The number of nitrogens with zero attached hydrogens (tertiary/aromatic N) is 1. The molecule has 0 aromatic heterocycles. The van der Waals surface area contributed by atoms with Crippen molar-refractivity contribution in [3.05, 3.63) is 34.9 Å². The second kappa shape index (κ2) is 5.38. The van der Waals surface area contributed by atoms with Crippen molar-refractivity contribution in [3.8, 4) is 6.07 Å². The van der Waals surface area contributed by atoms with Crippen LogP contribution in [0.5, 0.6) is 0 Å². The number of hydrogen-bond donors (Lipinski definition) is 1. The predicted molar refractivity (Wildman–Crippen MR) is 66.9 cm³/mol. The molecule has 1 aliphatic heterocycles. The smallest absolute Gasteiger partial charge is 0.322 e. The molecule has 1 fully saturated rings. The van der Waals surface area contributed by atoms with Gasteiger partial charge in [-0.15, -0.1) is 0 Å². The highest BCUT2D eigenvalue weighted by molar-refractivity contribution is 6.30. The topological polar surface area (TPSA) is 62.1 Å². The van der Waals surface area contributed by atoms with Gasteiger partial charge in [-0.2, -0.15) is 5.26 Å². The first-order valence-electron chi connectivity index (χ1n) is 5.64. The van der Waals surface area contributed by atoms with E-state index in [2.05, 4.69) is 11.4 Å². The fraction of sp³-hybridized carbons (Fsp3) is 0.385. The highest BCUT2D eigenvalue weighted by atomic mass is 35.5. The molecule has 5 heteroatoms. The number of nitrogens with one attached hydrogen (secondary N) is 1. The zero-order chi connectivity index (χ0) is 13.1. The van der Waals surface area contributed by atoms with E-state index in [1.807, 2.05) is 18.2 Å². The normalized spacial score (nSPS) is 26.6. The van der Waals surface area contributed by atoms with Crippen LogP contribution >= 0.6 is 11.6 Å². The van der Waals surface area contributed by atoms with Crippen LogP contribution in [-0.2, 0) is 9.53 Å². The SMILES string of the molecule is COC(=O)[C@@H]1C[C@@H](C#N)[C@H](c2cccc(Cl)c2)N1. The van der Waals surface area contributed by atoms with Crippen LogP contribution in [-0.4, -0.2) is 19.1 Å². The molecule has 1 saturated heterocycles. The number of esters is 1. The largest absolute Gasteiger partial charge is 0.468 e. The van der Waals surface area contributed by atoms with E-state index in [1.165, 1.54) is 7.11 Å². The molecule has 0 aliphatic carbocycles. The van der Waals surface area contributed by atoms with E-state index in [0.29, 0.717) is 11.4 Å². The van der Waals surface area contributed by atoms with E-state index in [1.54, 1.807) is 6.07 Å². The molecule has 0 radical (unpaired) electrons. The van der Waals surface area contributed by atoms with Gasteiger partial charge in [-0.1, -0.05) is 23.7 Å². The minimum atomic E-state index is -0.427. The number of ether oxygens (including phenoxy) is 1. The molecule has 2 rings (SSSR count). The molecular formula is C13H13ClN2O2. The molecule has 1 aliphatic rings. The minimum absolute atomic E-state index is 0.183. The Kier molecular flexibility index (Phi) is 3.85. The number of hydrogen-bond acceptors (Lipinski definition) is 4. The number of nitriles is 1. The minimum Gasteiger partial charge on any atom is -0.468 e. The van der Waals surface area contributed by atoms with E-state index in [9.17, 15) is 4.79 Å². The molecule has 1 aromatic carbocycles. The van der Waals surface area contributed by atoms with Crippen LogP contribution in [0.3, 0.4) is 0 Å². The van der Waals surface area contributed by atoms with Gasteiger partial charge in [-0.25, -0.2) is 0 Å². The van der Waals surface area contributed by atoms with E-state index in [0.717, 1.165) is 5.56 Å². The lowest BCUT2D eigenvalue weighted by Crippen LogP contribution is -2.33. The summed E-state index contributed by atoms with van der Waals surface area (Å²) in [6.07, 6.45) is 0.459. The van der Waals surface area contributed by atoms with Gasteiger partial charge in [0.15, 0.2) is 0 Å². The van der Waals surface area contributed by atoms with Crippen molar-refractivity contribution in [2.75, 3.05) is 7.11 Å². The summed E-state index contributed by atoms with van der Waals surface area (Å²) in [5.41, 5.74) is 0.917. The van der Waals surface area contributed by atoms with Crippen molar-refractivity contribution in [2.24, 2.45) is 5.92 Å². The summed E-state index contributed by atoms with van der Waals surface area (Å²) in [6.45, 7) is 0.